The van der Waals surface area contributed by atoms with E-state index < -0.39 is 0 Å². The highest BCUT2D eigenvalue weighted by molar-refractivity contribution is 5.81. The number of hydrogen-bond donors (Lipinski definition) is 1. The van der Waals surface area contributed by atoms with Crippen LogP contribution in [0.25, 0.3) is 11.0 Å². The lowest BCUT2D eigenvalue weighted by atomic mass is 9.83. The molecule has 1 aromatic heterocycles. The average molecular weight is 256 g/mol. The van der Waals surface area contributed by atoms with Crippen molar-refractivity contribution >= 4 is 11.0 Å². The van der Waals surface area contributed by atoms with Gasteiger partial charge >= 0.3 is 0 Å². The van der Waals surface area contributed by atoms with Crippen molar-refractivity contribution in [2.45, 2.75) is 38.2 Å². The fourth-order valence-electron chi connectivity index (χ4n) is 4.34. The van der Waals surface area contributed by atoms with Crippen LogP contribution in [0.4, 0.5) is 0 Å². The molecule has 0 spiro atoms. The van der Waals surface area contributed by atoms with Crippen LogP contribution in [-0.2, 0) is 0 Å². The summed E-state index contributed by atoms with van der Waals surface area (Å²) in [4.78, 5) is 0. The summed E-state index contributed by atoms with van der Waals surface area (Å²) in [6.45, 7) is 0. The molecule has 0 aliphatic heterocycles. The Hall–Kier alpha value is -1.28. The van der Waals surface area contributed by atoms with Gasteiger partial charge in [0.15, 0.2) is 0 Å². The van der Waals surface area contributed by atoms with E-state index in [0.717, 1.165) is 40.7 Å². The van der Waals surface area contributed by atoms with Crippen LogP contribution in [0.3, 0.4) is 0 Å². The van der Waals surface area contributed by atoms with Crippen LogP contribution in [0.2, 0.25) is 0 Å². The van der Waals surface area contributed by atoms with Crippen molar-refractivity contribution in [3.63, 3.8) is 0 Å². The summed E-state index contributed by atoms with van der Waals surface area (Å²) in [5.74, 6) is 2.54. The fourth-order valence-corrected chi connectivity index (χ4v) is 4.34. The van der Waals surface area contributed by atoms with Crippen LogP contribution in [0.15, 0.2) is 34.9 Å². The molecular formula is C17H20O2. The van der Waals surface area contributed by atoms with Crippen LogP contribution in [-0.4, -0.2) is 5.11 Å². The highest BCUT2D eigenvalue weighted by Gasteiger charge is 2.40. The van der Waals surface area contributed by atoms with Gasteiger partial charge in [-0.05, 0) is 49.5 Å². The van der Waals surface area contributed by atoms with E-state index in [1.807, 2.05) is 24.3 Å². The number of rotatable bonds is 3. The van der Waals surface area contributed by atoms with Gasteiger partial charge in [0.05, 0.1) is 12.4 Å². The SMILES string of the molecule is OC(CC1CC2CCC1C2)c1coc2ccccc12. The molecule has 2 aliphatic carbocycles. The van der Waals surface area contributed by atoms with Crippen LogP contribution >= 0.6 is 0 Å². The predicted molar refractivity (Wildman–Crippen MR) is 74.7 cm³/mol. The second-order valence-corrected chi connectivity index (χ2v) is 6.37. The first-order valence-corrected chi connectivity index (χ1v) is 7.45. The van der Waals surface area contributed by atoms with Gasteiger partial charge in [0.25, 0.3) is 0 Å². The summed E-state index contributed by atoms with van der Waals surface area (Å²) in [5.41, 5.74) is 1.85. The van der Waals surface area contributed by atoms with Crippen molar-refractivity contribution in [2.75, 3.05) is 0 Å². The monoisotopic (exact) mass is 256 g/mol. The number of aliphatic hydroxyl groups excluding tert-OH is 1. The van der Waals surface area contributed by atoms with Gasteiger partial charge in [0.1, 0.15) is 5.58 Å². The molecule has 2 nitrogen and oxygen atoms in total. The van der Waals surface area contributed by atoms with Crippen molar-refractivity contribution in [2.24, 2.45) is 17.8 Å². The van der Waals surface area contributed by atoms with E-state index in [-0.39, 0.29) is 6.10 Å². The van der Waals surface area contributed by atoms with Crippen molar-refractivity contribution in [1.82, 2.24) is 0 Å². The van der Waals surface area contributed by atoms with Crippen molar-refractivity contribution < 1.29 is 9.52 Å². The minimum atomic E-state index is -0.368. The van der Waals surface area contributed by atoms with E-state index in [0.29, 0.717) is 0 Å². The largest absolute Gasteiger partial charge is 0.464 e. The third kappa shape index (κ3) is 1.90. The second-order valence-electron chi connectivity index (χ2n) is 6.37. The quantitative estimate of drug-likeness (QED) is 0.888. The Kier molecular flexibility index (Phi) is 2.66. The fraction of sp³-hybridized carbons (Fsp3) is 0.529. The normalized spacial score (nSPS) is 31.1. The minimum absolute atomic E-state index is 0.368. The third-order valence-corrected chi connectivity index (χ3v) is 5.28. The first kappa shape index (κ1) is 11.5. The Morgan fingerprint density at radius 1 is 1.21 bits per heavy atom. The molecule has 2 bridgehead atoms. The lowest BCUT2D eigenvalue weighted by Crippen LogP contribution is -2.14. The third-order valence-electron chi connectivity index (χ3n) is 5.28. The zero-order chi connectivity index (χ0) is 12.8. The number of hydrogen-bond acceptors (Lipinski definition) is 2. The van der Waals surface area contributed by atoms with E-state index in [4.69, 9.17) is 4.42 Å². The van der Waals surface area contributed by atoms with Crippen LogP contribution in [0.5, 0.6) is 0 Å². The maximum absolute atomic E-state index is 10.5. The van der Waals surface area contributed by atoms with E-state index in [1.54, 1.807) is 6.26 Å². The molecule has 1 N–H and O–H groups in total. The number of furan rings is 1. The highest BCUT2D eigenvalue weighted by Crippen LogP contribution is 2.51. The standard InChI is InChI=1S/C17H20O2/c18-16(9-13-8-11-5-6-12(13)7-11)15-10-19-17-4-2-1-3-14(15)17/h1-4,10-13,16,18H,5-9H2. The number of benzene rings is 1. The van der Waals surface area contributed by atoms with Gasteiger partial charge in [-0.15, -0.1) is 0 Å². The van der Waals surface area contributed by atoms with Crippen LogP contribution < -0.4 is 0 Å². The average Bonchev–Trinajstić information content (AvgIpc) is 3.13. The molecule has 2 aromatic rings. The van der Waals surface area contributed by atoms with Crippen molar-refractivity contribution in [3.8, 4) is 0 Å². The molecule has 4 atom stereocenters. The smallest absolute Gasteiger partial charge is 0.134 e. The number of aliphatic hydroxyl groups is 1. The van der Waals surface area contributed by atoms with E-state index in [1.165, 1.54) is 25.7 Å². The Labute approximate surface area is 113 Å². The van der Waals surface area contributed by atoms with Gasteiger partial charge < -0.3 is 9.52 Å². The van der Waals surface area contributed by atoms with Gasteiger partial charge in [-0.3, -0.25) is 0 Å². The predicted octanol–water partition coefficient (Wildman–Crippen LogP) is 4.29. The van der Waals surface area contributed by atoms with Crippen LogP contribution in [0.1, 0.15) is 43.8 Å². The maximum Gasteiger partial charge on any atom is 0.134 e. The molecule has 4 rings (SSSR count). The van der Waals surface area contributed by atoms with E-state index >= 15 is 0 Å². The first-order valence-electron chi connectivity index (χ1n) is 7.45. The van der Waals surface area contributed by atoms with Gasteiger partial charge in [0.2, 0.25) is 0 Å². The molecule has 0 amide bonds. The first-order chi connectivity index (χ1) is 9.31. The molecular weight excluding hydrogens is 236 g/mol. The summed E-state index contributed by atoms with van der Waals surface area (Å²) in [6, 6.07) is 7.98. The molecule has 2 fully saturated rings. The molecule has 1 heterocycles. The molecule has 4 unspecified atom stereocenters. The maximum atomic E-state index is 10.5. The lowest BCUT2D eigenvalue weighted by Gasteiger charge is -2.23. The number of para-hydroxylation sites is 1. The zero-order valence-corrected chi connectivity index (χ0v) is 11.1. The molecule has 2 aliphatic rings. The lowest BCUT2D eigenvalue weighted by molar-refractivity contribution is 0.126. The summed E-state index contributed by atoms with van der Waals surface area (Å²) in [5, 5.41) is 11.6. The zero-order valence-electron chi connectivity index (χ0n) is 11.1. The van der Waals surface area contributed by atoms with Gasteiger partial charge in [-0.2, -0.15) is 0 Å². The van der Waals surface area contributed by atoms with Crippen LogP contribution in [0, 0.1) is 17.8 Å². The minimum Gasteiger partial charge on any atom is -0.464 e. The Balaban J connectivity index is 1.55. The topological polar surface area (TPSA) is 33.4 Å². The van der Waals surface area contributed by atoms with Gasteiger partial charge in [-0.1, -0.05) is 24.6 Å². The molecule has 0 radical (unpaired) electrons. The van der Waals surface area contributed by atoms with Crippen molar-refractivity contribution in [1.29, 1.82) is 0 Å². The highest BCUT2D eigenvalue weighted by atomic mass is 16.3. The summed E-state index contributed by atoms with van der Waals surface area (Å²) in [7, 11) is 0. The van der Waals surface area contributed by atoms with Crippen molar-refractivity contribution in [3.05, 3.63) is 36.1 Å². The number of fused-ring (bicyclic) bond motifs is 3. The molecule has 2 heteroatoms. The van der Waals surface area contributed by atoms with E-state index in [9.17, 15) is 5.11 Å². The summed E-state index contributed by atoms with van der Waals surface area (Å²) < 4.78 is 5.54. The molecule has 1 aromatic carbocycles. The second kappa shape index (κ2) is 4.38. The van der Waals surface area contributed by atoms with Gasteiger partial charge in [-0.25, -0.2) is 0 Å². The molecule has 19 heavy (non-hydrogen) atoms. The Morgan fingerprint density at radius 3 is 2.89 bits per heavy atom. The summed E-state index contributed by atoms with van der Waals surface area (Å²) in [6.07, 6.45) is 7.82. The van der Waals surface area contributed by atoms with Gasteiger partial charge in [0, 0.05) is 10.9 Å². The molecule has 2 saturated carbocycles. The molecule has 100 valence electrons. The Bertz CT molecular complexity index is 586. The summed E-state index contributed by atoms with van der Waals surface area (Å²) >= 11 is 0. The molecule has 0 saturated heterocycles. The van der Waals surface area contributed by atoms with E-state index in [2.05, 4.69) is 0 Å². The Morgan fingerprint density at radius 2 is 2.11 bits per heavy atom.